The topological polar surface area (TPSA) is 70.2 Å². The molecule has 0 aliphatic heterocycles. The van der Waals surface area contributed by atoms with Crippen LogP contribution in [-0.4, -0.2) is 22.9 Å². The van der Waals surface area contributed by atoms with Crippen molar-refractivity contribution in [3.63, 3.8) is 0 Å². The Morgan fingerprint density at radius 2 is 1.74 bits per heavy atom. The maximum atomic E-state index is 11.2. The molecule has 0 spiro atoms. The van der Waals surface area contributed by atoms with E-state index in [1.165, 1.54) is 12.5 Å². The SMILES string of the molecule is CC(=O)Nc1cccc(Nc2cc(N(C)Cc3ccccc3)nc(C)n2)c1. The van der Waals surface area contributed by atoms with Gasteiger partial charge in [-0.25, -0.2) is 9.97 Å². The zero-order valence-corrected chi connectivity index (χ0v) is 15.7. The summed E-state index contributed by atoms with van der Waals surface area (Å²) in [5.41, 5.74) is 2.80. The first-order valence-electron chi connectivity index (χ1n) is 8.75. The highest BCUT2D eigenvalue weighted by Crippen LogP contribution is 2.22. The Labute approximate surface area is 159 Å². The minimum absolute atomic E-state index is 0.102. The lowest BCUT2D eigenvalue weighted by atomic mass is 10.2. The first-order valence-corrected chi connectivity index (χ1v) is 8.75. The van der Waals surface area contributed by atoms with Crippen LogP contribution in [0.15, 0.2) is 60.7 Å². The minimum atomic E-state index is -0.102. The van der Waals surface area contributed by atoms with Gasteiger partial charge in [0.25, 0.3) is 0 Å². The molecule has 0 aliphatic carbocycles. The molecule has 1 aromatic heterocycles. The summed E-state index contributed by atoms with van der Waals surface area (Å²) >= 11 is 0. The maximum Gasteiger partial charge on any atom is 0.221 e. The van der Waals surface area contributed by atoms with Crippen molar-refractivity contribution < 1.29 is 4.79 Å². The van der Waals surface area contributed by atoms with Crippen LogP contribution in [0.4, 0.5) is 23.0 Å². The van der Waals surface area contributed by atoms with Gasteiger partial charge >= 0.3 is 0 Å². The summed E-state index contributed by atoms with van der Waals surface area (Å²) < 4.78 is 0. The maximum absolute atomic E-state index is 11.2. The van der Waals surface area contributed by atoms with E-state index in [4.69, 9.17) is 0 Å². The van der Waals surface area contributed by atoms with Gasteiger partial charge in [-0.15, -0.1) is 0 Å². The largest absolute Gasteiger partial charge is 0.355 e. The summed E-state index contributed by atoms with van der Waals surface area (Å²) in [6.45, 7) is 4.12. The Hall–Kier alpha value is -3.41. The van der Waals surface area contributed by atoms with Gasteiger partial charge in [-0.2, -0.15) is 0 Å². The zero-order valence-electron chi connectivity index (χ0n) is 15.7. The van der Waals surface area contributed by atoms with Gasteiger partial charge < -0.3 is 15.5 Å². The van der Waals surface area contributed by atoms with Crippen molar-refractivity contribution in [2.75, 3.05) is 22.6 Å². The van der Waals surface area contributed by atoms with Crippen molar-refractivity contribution in [3.05, 3.63) is 72.1 Å². The van der Waals surface area contributed by atoms with Crippen LogP contribution in [0.2, 0.25) is 0 Å². The minimum Gasteiger partial charge on any atom is -0.355 e. The van der Waals surface area contributed by atoms with Crippen molar-refractivity contribution in [1.29, 1.82) is 0 Å². The standard InChI is InChI=1S/C21H23N5O/c1-15-22-20(25-19-11-7-10-18(12-19)24-16(2)27)13-21(23-15)26(3)14-17-8-5-4-6-9-17/h4-13H,14H2,1-3H3,(H,24,27)(H,22,23,25). The average molecular weight is 361 g/mol. The lowest BCUT2D eigenvalue weighted by molar-refractivity contribution is -0.114. The molecule has 0 saturated carbocycles. The summed E-state index contributed by atoms with van der Waals surface area (Å²) in [7, 11) is 2.01. The quantitative estimate of drug-likeness (QED) is 0.691. The summed E-state index contributed by atoms with van der Waals surface area (Å²) in [6, 6.07) is 19.7. The molecule has 3 rings (SSSR count). The molecule has 1 heterocycles. The summed E-state index contributed by atoms with van der Waals surface area (Å²) in [6.07, 6.45) is 0. The fourth-order valence-electron chi connectivity index (χ4n) is 2.78. The molecule has 0 bridgehead atoms. The fourth-order valence-corrected chi connectivity index (χ4v) is 2.78. The van der Waals surface area contributed by atoms with E-state index in [0.29, 0.717) is 11.6 Å². The summed E-state index contributed by atoms with van der Waals surface area (Å²) in [5.74, 6) is 2.13. The third kappa shape index (κ3) is 5.28. The fraction of sp³-hybridized carbons (Fsp3) is 0.190. The predicted octanol–water partition coefficient (Wildman–Crippen LogP) is 4.12. The number of carbonyl (C=O) groups is 1. The van der Waals surface area contributed by atoms with Crippen molar-refractivity contribution in [2.45, 2.75) is 20.4 Å². The van der Waals surface area contributed by atoms with Crippen molar-refractivity contribution >= 4 is 28.9 Å². The summed E-state index contributed by atoms with van der Waals surface area (Å²) in [5, 5.41) is 6.07. The number of rotatable bonds is 6. The Morgan fingerprint density at radius 3 is 2.48 bits per heavy atom. The molecule has 6 heteroatoms. The highest BCUT2D eigenvalue weighted by atomic mass is 16.1. The van der Waals surface area contributed by atoms with Gasteiger partial charge in [-0.1, -0.05) is 36.4 Å². The molecular formula is C21H23N5O. The smallest absolute Gasteiger partial charge is 0.221 e. The van der Waals surface area contributed by atoms with E-state index in [1.807, 2.05) is 62.5 Å². The Kier molecular flexibility index (Phi) is 5.66. The van der Waals surface area contributed by atoms with E-state index in [9.17, 15) is 4.79 Å². The van der Waals surface area contributed by atoms with Crippen LogP contribution in [-0.2, 0) is 11.3 Å². The molecule has 1 amide bonds. The number of benzene rings is 2. The van der Waals surface area contributed by atoms with Crippen LogP contribution < -0.4 is 15.5 Å². The van der Waals surface area contributed by atoms with Gasteiger partial charge in [0, 0.05) is 38.0 Å². The molecular weight excluding hydrogens is 338 g/mol. The predicted molar refractivity (Wildman–Crippen MR) is 109 cm³/mol. The van der Waals surface area contributed by atoms with Crippen molar-refractivity contribution in [3.8, 4) is 0 Å². The van der Waals surface area contributed by atoms with Gasteiger partial charge in [0.15, 0.2) is 0 Å². The lowest BCUT2D eigenvalue weighted by Crippen LogP contribution is -2.18. The third-order valence-electron chi connectivity index (χ3n) is 3.93. The van der Waals surface area contributed by atoms with Gasteiger partial charge in [0.2, 0.25) is 5.91 Å². The molecule has 27 heavy (non-hydrogen) atoms. The first-order chi connectivity index (χ1) is 13.0. The number of hydrogen-bond donors (Lipinski definition) is 2. The van der Waals surface area contributed by atoms with Crippen LogP contribution in [0, 0.1) is 6.92 Å². The molecule has 2 aromatic carbocycles. The highest BCUT2D eigenvalue weighted by Gasteiger charge is 2.08. The van der Waals surface area contributed by atoms with Gasteiger partial charge in [-0.3, -0.25) is 4.79 Å². The number of hydrogen-bond acceptors (Lipinski definition) is 5. The Morgan fingerprint density at radius 1 is 1.00 bits per heavy atom. The molecule has 138 valence electrons. The number of nitrogens with zero attached hydrogens (tertiary/aromatic N) is 3. The molecule has 0 aliphatic rings. The van der Waals surface area contributed by atoms with Gasteiger partial charge in [-0.05, 0) is 30.7 Å². The van der Waals surface area contributed by atoms with Gasteiger partial charge in [0.05, 0.1) is 0 Å². The zero-order chi connectivity index (χ0) is 19.2. The monoisotopic (exact) mass is 361 g/mol. The van der Waals surface area contributed by atoms with Crippen LogP contribution >= 0.6 is 0 Å². The Bertz CT molecular complexity index is 927. The molecule has 0 saturated heterocycles. The second-order valence-electron chi connectivity index (χ2n) is 6.39. The molecule has 0 unspecified atom stereocenters. The molecule has 0 fully saturated rings. The van der Waals surface area contributed by atoms with Crippen LogP contribution in [0.25, 0.3) is 0 Å². The van der Waals surface area contributed by atoms with Crippen molar-refractivity contribution in [1.82, 2.24) is 9.97 Å². The number of nitrogens with one attached hydrogen (secondary N) is 2. The van der Waals surface area contributed by atoms with E-state index in [0.717, 1.165) is 23.7 Å². The molecule has 0 atom stereocenters. The number of carbonyl (C=O) groups excluding carboxylic acids is 1. The first kappa shape index (κ1) is 18.4. The number of anilines is 4. The third-order valence-corrected chi connectivity index (χ3v) is 3.93. The van der Waals surface area contributed by atoms with Crippen molar-refractivity contribution in [2.24, 2.45) is 0 Å². The molecule has 3 aromatic rings. The van der Waals surface area contributed by atoms with E-state index >= 15 is 0 Å². The number of amides is 1. The van der Waals surface area contributed by atoms with Crippen LogP contribution in [0.1, 0.15) is 18.3 Å². The second-order valence-corrected chi connectivity index (χ2v) is 6.39. The van der Waals surface area contributed by atoms with Crippen LogP contribution in [0.5, 0.6) is 0 Å². The number of aryl methyl sites for hydroxylation is 1. The second kappa shape index (κ2) is 8.31. The molecule has 0 radical (unpaired) electrons. The lowest BCUT2D eigenvalue weighted by Gasteiger charge is -2.19. The Balaban J connectivity index is 1.78. The average Bonchev–Trinajstić information content (AvgIpc) is 2.62. The van der Waals surface area contributed by atoms with E-state index in [-0.39, 0.29) is 5.91 Å². The van der Waals surface area contributed by atoms with E-state index < -0.39 is 0 Å². The highest BCUT2D eigenvalue weighted by molar-refractivity contribution is 5.89. The normalized spacial score (nSPS) is 10.3. The molecule has 2 N–H and O–H groups in total. The van der Waals surface area contributed by atoms with E-state index in [2.05, 4.69) is 37.6 Å². The van der Waals surface area contributed by atoms with E-state index in [1.54, 1.807) is 0 Å². The van der Waals surface area contributed by atoms with Gasteiger partial charge in [0.1, 0.15) is 17.5 Å². The summed E-state index contributed by atoms with van der Waals surface area (Å²) in [4.78, 5) is 22.3. The van der Waals surface area contributed by atoms with Crippen LogP contribution in [0.3, 0.4) is 0 Å². The number of aromatic nitrogens is 2. The molecule has 6 nitrogen and oxygen atoms in total.